The standard InChI is InChI=1S/C20H23N5O/c1-3-19(17-9-11-21-12-10-17)24(2)20(26)23-18-13-22-25(15-18)14-16-7-5-4-6-8-16/h4-13,15,19H,3,14H2,1-2H3,(H,23,26). The number of pyridine rings is 1. The average molecular weight is 349 g/mol. The van der Waals surface area contributed by atoms with Gasteiger partial charge in [-0.3, -0.25) is 9.67 Å². The Kier molecular flexibility index (Phi) is 5.63. The van der Waals surface area contributed by atoms with Crippen LogP contribution in [0.2, 0.25) is 0 Å². The second-order valence-electron chi connectivity index (χ2n) is 6.16. The van der Waals surface area contributed by atoms with Crippen LogP contribution < -0.4 is 5.32 Å². The summed E-state index contributed by atoms with van der Waals surface area (Å²) in [6.45, 7) is 2.73. The molecule has 0 aliphatic carbocycles. The molecule has 6 nitrogen and oxygen atoms in total. The van der Waals surface area contributed by atoms with Crippen LogP contribution in [0, 0.1) is 0 Å². The van der Waals surface area contributed by atoms with Gasteiger partial charge in [0.2, 0.25) is 0 Å². The molecule has 0 saturated carbocycles. The average Bonchev–Trinajstić information content (AvgIpc) is 3.10. The highest BCUT2D eigenvalue weighted by molar-refractivity contribution is 5.89. The van der Waals surface area contributed by atoms with E-state index in [9.17, 15) is 4.79 Å². The Balaban J connectivity index is 1.64. The number of amides is 2. The van der Waals surface area contributed by atoms with Gasteiger partial charge >= 0.3 is 6.03 Å². The zero-order chi connectivity index (χ0) is 18.4. The normalized spacial score (nSPS) is 11.8. The lowest BCUT2D eigenvalue weighted by atomic mass is 10.1. The van der Waals surface area contributed by atoms with Crippen LogP contribution in [-0.2, 0) is 6.54 Å². The van der Waals surface area contributed by atoms with Crippen molar-refractivity contribution in [1.82, 2.24) is 19.7 Å². The molecule has 0 aliphatic rings. The molecule has 0 saturated heterocycles. The first-order valence-corrected chi connectivity index (χ1v) is 8.67. The molecule has 3 aromatic rings. The largest absolute Gasteiger partial charge is 0.322 e. The van der Waals surface area contributed by atoms with Crippen molar-refractivity contribution in [1.29, 1.82) is 0 Å². The van der Waals surface area contributed by atoms with Crippen molar-refractivity contribution in [3.05, 3.63) is 78.4 Å². The highest BCUT2D eigenvalue weighted by Crippen LogP contribution is 2.23. The van der Waals surface area contributed by atoms with E-state index in [0.29, 0.717) is 12.2 Å². The van der Waals surface area contributed by atoms with Gasteiger partial charge in [-0.2, -0.15) is 5.10 Å². The quantitative estimate of drug-likeness (QED) is 0.733. The molecule has 2 heterocycles. The third-order valence-electron chi connectivity index (χ3n) is 4.34. The molecule has 134 valence electrons. The lowest BCUT2D eigenvalue weighted by Crippen LogP contribution is -2.34. The van der Waals surface area contributed by atoms with Crippen molar-refractivity contribution in [3.8, 4) is 0 Å². The second kappa shape index (κ2) is 8.29. The molecule has 2 aromatic heterocycles. The molecule has 26 heavy (non-hydrogen) atoms. The molecule has 3 rings (SSSR count). The SMILES string of the molecule is CCC(c1ccncc1)N(C)C(=O)Nc1cnn(Cc2ccccc2)c1. The Morgan fingerprint density at radius 3 is 2.62 bits per heavy atom. The smallest absolute Gasteiger partial charge is 0.321 e. The van der Waals surface area contributed by atoms with E-state index in [1.807, 2.05) is 53.3 Å². The number of aromatic nitrogens is 3. The van der Waals surface area contributed by atoms with E-state index in [4.69, 9.17) is 0 Å². The van der Waals surface area contributed by atoms with Crippen molar-refractivity contribution < 1.29 is 4.79 Å². The number of nitrogens with one attached hydrogen (secondary N) is 1. The van der Waals surface area contributed by atoms with Crippen LogP contribution in [0.4, 0.5) is 10.5 Å². The fraction of sp³-hybridized carbons (Fsp3) is 0.250. The van der Waals surface area contributed by atoms with E-state index in [-0.39, 0.29) is 12.1 Å². The minimum Gasteiger partial charge on any atom is -0.321 e. The molecular weight excluding hydrogens is 326 g/mol. The van der Waals surface area contributed by atoms with Crippen LogP contribution >= 0.6 is 0 Å². The molecule has 6 heteroatoms. The molecule has 1 aromatic carbocycles. The van der Waals surface area contributed by atoms with Crippen molar-refractivity contribution >= 4 is 11.7 Å². The first-order chi connectivity index (χ1) is 12.7. The van der Waals surface area contributed by atoms with E-state index >= 15 is 0 Å². The summed E-state index contributed by atoms with van der Waals surface area (Å²) in [4.78, 5) is 18.4. The van der Waals surface area contributed by atoms with Crippen molar-refractivity contribution in [2.45, 2.75) is 25.9 Å². The summed E-state index contributed by atoms with van der Waals surface area (Å²) in [6.07, 6.45) is 7.82. The lowest BCUT2D eigenvalue weighted by Gasteiger charge is -2.27. The van der Waals surface area contributed by atoms with Gasteiger partial charge in [-0.25, -0.2) is 4.79 Å². The third-order valence-corrected chi connectivity index (χ3v) is 4.34. The van der Waals surface area contributed by atoms with E-state index in [0.717, 1.165) is 17.5 Å². The number of anilines is 1. The van der Waals surface area contributed by atoms with E-state index in [1.165, 1.54) is 0 Å². The van der Waals surface area contributed by atoms with Gasteiger partial charge in [0, 0.05) is 25.6 Å². The van der Waals surface area contributed by atoms with Gasteiger partial charge < -0.3 is 10.2 Å². The first-order valence-electron chi connectivity index (χ1n) is 8.67. The van der Waals surface area contributed by atoms with Crippen LogP contribution in [0.15, 0.2) is 67.3 Å². The molecule has 0 aliphatic heterocycles. The highest BCUT2D eigenvalue weighted by Gasteiger charge is 2.20. The summed E-state index contributed by atoms with van der Waals surface area (Å²) >= 11 is 0. The van der Waals surface area contributed by atoms with Gasteiger partial charge in [-0.05, 0) is 29.7 Å². The van der Waals surface area contributed by atoms with Crippen LogP contribution in [0.25, 0.3) is 0 Å². The molecule has 1 unspecified atom stereocenters. The van der Waals surface area contributed by atoms with Crippen molar-refractivity contribution in [3.63, 3.8) is 0 Å². The summed E-state index contributed by atoms with van der Waals surface area (Å²) in [5.74, 6) is 0. The van der Waals surface area contributed by atoms with Gasteiger partial charge in [0.25, 0.3) is 0 Å². The summed E-state index contributed by atoms with van der Waals surface area (Å²) in [6, 6.07) is 13.8. The van der Waals surface area contributed by atoms with Crippen molar-refractivity contribution in [2.24, 2.45) is 0 Å². The maximum atomic E-state index is 12.6. The second-order valence-corrected chi connectivity index (χ2v) is 6.16. The van der Waals surface area contributed by atoms with Gasteiger partial charge in [-0.15, -0.1) is 0 Å². The van der Waals surface area contributed by atoms with Crippen LogP contribution in [-0.4, -0.2) is 32.7 Å². The fourth-order valence-corrected chi connectivity index (χ4v) is 2.96. The number of hydrogen-bond donors (Lipinski definition) is 1. The maximum Gasteiger partial charge on any atom is 0.322 e. The van der Waals surface area contributed by atoms with Gasteiger partial charge in [0.1, 0.15) is 0 Å². The zero-order valence-electron chi connectivity index (χ0n) is 15.0. The topological polar surface area (TPSA) is 63.1 Å². The monoisotopic (exact) mass is 349 g/mol. The Hall–Kier alpha value is -3.15. The molecule has 0 radical (unpaired) electrons. The van der Waals surface area contributed by atoms with Crippen molar-refractivity contribution in [2.75, 3.05) is 12.4 Å². The molecule has 0 bridgehead atoms. The molecule has 0 spiro atoms. The predicted octanol–water partition coefficient (Wildman–Crippen LogP) is 3.94. The summed E-state index contributed by atoms with van der Waals surface area (Å²) < 4.78 is 1.81. The zero-order valence-corrected chi connectivity index (χ0v) is 15.0. The summed E-state index contributed by atoms with van der Waals surface area (Å²) in [5, 5.41) is 7.24. The van der Waals surface area contributed by atoms with E-state index in [2.05, 4.69) is 22.3 Å². The van der Waals surface area contributed by atoms with Gasteiger partial charge in [0.15, 0.2) is 0 Å². The molecule has 2 amide bonds. The summed E-state index contributed by atoms with van der Waals surface area (Å²) in [5.41, 5.74) is 2.91. The number of urea groups is 1. The number of benzene rings is 1. The van der Waals surface area contributed by atoms with Crippen LogP contribution in [0.3, 0.4) is 0 Å². The van der Waals surface area contributed by atoms with E-state index in [1.54, 1.807) is 30.5 Å². The summed E-state index contributed by atoms with van der Waals surface area (Å²) in [7, 11) is 1.80. The molecular formula is C20H23N5O. The molecule has 1 N–H and O–H groups in total. The highest BCUT2D eigenvalue weighted by atomic mass is 16.2. The van der Waals surface area contributed by atoms with Gasteiger partial charge in [0.05, 0.1) is 24.5 Å². The lowest BCUT2D eigenvalue weighted by molar-refractivity contribution is 0.202. The molecule has 1 atom stereocenters. The predicted molar refractivity (Wildman–Crippen MR) is 102 cm³/mol. The third kappa shape index (κ3) is 4.27. The Bertz CT molecular complexity index is 832. The number of carbonyl (C=O) groups is 1. The number of carbonyl (C=O) groups excluding carboxylic acids is 1. The number of nitrogens with zero attached hydrogens (tertiary/aromatic N) is 4. The van der Waals surface area contributed by atoms with Gasteiger partial charge in [-0.1, -0.05) is 37.3 Å². The Morgan fingerprint density at radius 2 is 1.92 bits per heavy atom. The first kappa shape index (κ1) is 17.7. The van der Waals surface area contributed by atoms with Crippen LogP contribution in [0.5, 0.6) is 0 Å². The Morgan fingerprint density at radius 1 is 1.19 bits per heavy atom. The molecule has 0 fully saturated rings. The maximum absolute atomic E-state index is 12.6. The fourth-order valence-electron chi connectivity index (χ4n) is 2.96. The number of hydrogen-bond acceptors (Lipinski definition) is 3. The number of rotatable bonds is 6. The van der Waals surface area contributed by atoms with E-state index < -0.39 is 0 Å². The van der Waals surface area contributed by atoms with Crippen LogP contribution in [0.1, 0.15) is 30.5 Å². The minimum absolute atomic E-state index is 0.00244. The Labute approximate surface area is 153 Å². The minimum atomic E-state index is -0.159.